The predicted octanol–water partition coefficient (Wildman–Crippen LogP) is 5.14. The molecule has 2 atom stereocenters. The SMILES string of the molecule is CC[C@@H](C1=C(C2=CCC=CC=C2)[C@@H](C)OC1=O)c1c(F)cccc1F. The van der Waals surface area contributed by atoms with E-state index in [9.17, 15) is 13.6 Å². The van der Waals surface area contributed by atoms with Crippen LogP contribution in [0.15, 0.2) is 65.3 Å². The van der Waals surface area contributed by atoms with Crippen LogP contribution in [0.2, 0.25) is 0 Å². The van der Waals surface area contributed by atoms with Crippen molar-refractivity contribution in [1.29, 1.82) is 0 Å². The van der Waals surface area contributed by atoms with Crippen molar-refractivity contribution in [2.24, 2.45) is 0 Å². The van der Waals surface area contributed by atoms with Gasteiger partial charge in [-0.3, -0.25) is 0 Å². The van der Waals surface area contributed by atoms with Gasteiger partial charge in [-0.1, -0.05) is 43.4 Å². The number of allylic oxidation sites excluding steroid dienone is 5. The molecule has 0 fully saturated rings. The molecule has 0 saturated heterocycles. The van der Waals surface area contributed by atoms with Crippen LogP contribution in [0.1, 0.15) is 38.2 Å². The van der Waals surface area contributed by atoms with Crippen LogP contribution in [0.3, 0.4) is 0 Å². The maximum Gasteiger partial charge on any atom is 0.335 e. The molecule has 0 amide bonds. The van der Waals surface area contributed by atoms with Gasteiger partial charge in [-0.2, -0.15) is 0 Å². The van der Waals surface area contributed by atoms with Gasteiger partial charge in [-0.25, -0.2) is 13.6 Å². The van der Waals surface area contributed by atoms with Gasteiger partial charge in [0.25, 0.3) is 0 Å². The Hall–Kier alpha value is -2.49. The Bertz CT molecular complexity index is 795. The molecule has 0 radical (unpaired) electrons. The zero-order valence-electron chi connectivity index (χ0n) is 14.3. The van der Waals surface area contributed by atoms with Crippen LogP contribution in [0, 0.1) is 11.6 Å². The molecule has 0 spiro atoms. The largest absolute Gasteiger partial charge is 0.454 e. The van der Waals surface area contributed by atoms with Gasteiger partial charge >= 0.3 is 5.97 Å². The monoisotopic (exact) mass is 342 g/mol. The summed E-state index contributed by atoms with van der Waals surface area (Å²) in [6.07, 6.45) is 10.4. The molecule has 2 aliphatic rings. The Morgan fingerprint density at radius 3 is 2.64 bits per heavy atom. The average Bonchev–Trinajstić information content (AvgIpc) is 2.76. The standard InChI is InChI=1S/C21H20F2O2/c1-3-15(19-16(22)11-8-12-17(19)23)20-18(13(2)25-21(20)24)14-9-6-4-5-7-10-14/h4-6,8-13,15H,3,7H2,1-2H3/t13-,15-/m1/s1. The van der Waals surface area contributed by atoms with E-state index in [0.29, 0.717) is 12.0 Å². The minimum Gasteiger partial charge on any atom is -0.454 e. The lowest BCUT2D eigenvalue weighted by Gasteiger charge is -2.19. The van der Waals surface area contributed by atoms with Crippen LogP contribution in [0.4, 0.5) is 8.78 Å². The Morgan fingerprint density at radius 1 is 1.24 bits per heavy atom. The molecule has 4 heteroatoms. The highest BCUT2D eigenvalue weighted by atomic mass is 19.1. The van der Waals surface area contributed by atoms with Crippen molar-refractivity contribution < 1.29 is 18.3 Å². The summed E-state index contributed by atoms with van der Waals surface area (Å²) in [7, 11) is 0. The highest BCUT2D eigenvalue weighted by molar-refractivity contribution is 5.95. The topological polar surface area (TPSA) is 26.3 Å². The smallest absolute Gasteiger partial charge is 0.335 e. The third-order valence-corrected chi connectivity index (χ3v) is 4.61. The van der Waals surface area contributed by atoms with Gasteiger partial charge in [0, 0.05) is 17.1 Å². The fourth-order valence-corrected chi connectivity index (χ4v) is 3.51. The summed E-state index contributed by atoms with van der Waals surface area (Å²) in [5, 5.41) is 0. The highest BCUT2D eigenvalue weighted by Crippen LogP contribution is 2.41. The molecule has 3 rings (SSSR count). The second kappa shape index (κ2) is 7.18. The maximum absolute atomic E-state index is 14.3. The van der Waals surface area contributed by atoms with Gasteiger partial charge in [0.1, 0.15) is 17.7 Å². The predicted molar refractivity (Wildman–Crippen MR) is 93.0 cm³/mol. The number of benzene rings is 1. The molecular formula is C21H20F2O2. The molecular weight excluding hydrogens is 322 g/mol. The number of ether oxygens (including phenoxy) is 1. The van der Waals surface area contributed by atoms with Crippen molar-refractivity contribution in [3.63, 3.8) is 0 Å². The molecule has 0 bridgehead atoms. The number of esters is 1. The minimum absolute atomic E-state index is 0.0696. The molecule has 0 unspecified atom stereocenters. The first kappa shape index (κ1) is 17.3. The number of rotatable bonds is 4. The second-order valence-corrected chi connectivity index (χ2v) is 6.15. The first-order chi connectivity index (χ1) is 12.0. The quantitative estimate of drug-likeness (QED) is 0.708. The third kappa shape index (κ3) is 3.21. The first-order valence-corrected chi connectivity index (χ1v) is 8.47. The van der Waals surface area contributed by atoms with Crippen LogP contribution in [-0.4, -0.2) is 12.1 Å². The lowest BCUT2D eigenvalue weighted by molar-refractivity contribution is -0.139. The molecule has 1 aliphatic heterocycles. The molecule has 0 N–H and O–H groups in total. The van der Waals surface area contributed by atoms with E-state index in [4.69, 9.17) is 4.74 Å². The van der Waals surface area contributed by atoms with E-state index in [1.54, 1.807) is 6.92 Å². The van der Waals surface area contributed by atoms with Crippen LogP contribution in [0.5, 0.6) is 0 Å². The molecule has 0 aromatic heterocycles. The van der Waals surface area contributed by atoms with E-state index in [1.165, 1.54) is 18.2 Å². The molecule has 0 saturated carbocycles. The summed E-state index contributed by atoms with van der Waals surface area (Å²) >= 11 is 0. The van der Waals surface area contributed by atoms with Crippen molar-refractivity contribution in [3.8, 4) is 0 Å². The average molecular weight is 342 g/mol. The molecule has 1 aliphatic carbocycles. The van der Waals surface area contributed by atoms with Crippen molar-refractivity contribution in [3.05, 3.63) is 82.5 Å². The summed E-state index contributed by atoms with van der Waals surface area (Å²) < 4.78 is 34.1. The van der Waals surface area contributed by atoms with Gasteiger partial charge in [0.05, 0.1) is 5.57 Å². The zero-order chi connectivity index (χ0) is 18.0. The second-order valence-electron chi connectivity index (χ2n) is 6.15. The number of halogens is 2. The number of carbonyl (C=O) groups excluding carboxylic acids is 1. The van der Waals surface area contributed by atoms with Crippen LogP contribution in [-0.2, 0) is 9.53 Å². The van der Waals surface area contributed by atoms with Gasteiger partial charge in [-0.05, 0) is 37.5 Å². The first-order valence-electron chi connectivity index (χ1n) is 8.47. The summed E-state index contributed by atoms with van der Waals surface area (Å²) in [4.78, 5) is 12.5. The Balaban J connectivity index is 2.18. The molecule has 1 aromatic rings. The Morgan fingerprint density at radius 2 is 1.96 bits per heavy atom. The highest BCUT2D eigenvalue weighted by Gasteiger charge is 2.38. The number of cyclic esters (lactones) is 1. The number of carbonyl (C=O) groups is 1. The fourth-order valence-electron chi connectivity index (χ4n) is 3.51. The van der Waals surface area contributed by atoms with Gasteiger partial charge < -0.3 is 4.74 Å². The molecule has 1 heterocycles. The van der Waals surface area contributed by atoms with Crippen molar-refractivity contribution in [2.45, 2.75) is 38.7 Å². The maximum atomic E-state index is 14.3. The summed E-state index contributed by atoms with van der Waals surface area (Å²) in [5.41, 5.74) is 1.88. The van der Waals surface area contributed by atoms with Crippen LogP contribution >= 0.6 is 0 Å². The molecule has 25 heavy (non-hydrogen) atoms. The van der Waals surface area contributed by atoms with Gasteiger partial charge in [0.2, 0.25) is 0 Å². The lowest BCUT2D eigenvalue weighted by Crippen LogP contribution is -2.13. The number of hydrogen-bond acceptors (Lipinski definition) is 2. The van der Waals surface area contributed by atoms with E-state index in [-0.39, 0.29) is 5.56 Å². The van der Waals surface area contributed by atoms with E-state index in [0.717, 1.165) is 17.6 Å². The molecule has 2 nitrogen and oxygen atoms in total. The fraction of sp³-hybridized carbons (Fsp3) is 0.286. The summed E-state index contributed by atoms with van der Waals surface area (Å²) in [6, 6.07) is 3.77. The minimum atomic E-state index is -0.681. The normalized spacial score (nSPS) is 21.2. The Kier molecular flexibility index (Phi) is 4.98. The van der Waals surface area contributed by atoms with E-state index >= 15 is 0 Å². The summed E-state index contributed by atoms with van der Waals surface area (Å²) in [6.45, 7) is 3.61. The van der Waals surface area contributed by atoms with E-state index in [1.807, 2.05) is 37.3 Å². The Labute approximate surface area is 146 Å². The van der Waals surface area contributed by atoms with Gasteiger partial charge in [0.15, 0.2) is 0 Å². The third-order valence-electron chi connectivity index (χ3n) is 4.61. The van der Waals surface area contributed by atoms with Crippen molar-refractivity contribution in [1.82, 2.24) is 0 Å². The van der Waals surface area contributed by atoms with E-state index in [2.05, 4.69) is 0 Å². The van der Waals surface area contributed by atoms with Crippen molar-refractivity contribution in [2.75, 3.05) is 0 Å². The summed E-state index contributed by atoms with van der Waals surface area (Å²) in [5.74, 6) is -2.46. The molecule has 130 valence electrons. The zero-order valence-corrected chi connectivity index (χ0v) is 14.3. The van der Waals surface area contributed by atoms with Gasteiger partial charge in [-0.15, -0.1) is 0 Å². The van der Waals surface area contributed by atoms with Crippen molar-refractivity contribution >= 4 is 5.97 Å². The number of hydrogen-bond donors (Lipinski definition) is 0. The lowest BCUT2D eigenvalue weighted by atomic mass is 9.83. The molecule has 1 aromatic carbocycles. The van der Waals surface area contributed by atoms with Crippen LogP contribution in [0.25, 0.3) is 0 Å². The van der Waals surface area contributed by atoms with E-state index < -0.39 is 29.6 Å². The van der Waals surface area contributed by atoms with Crippen LogP contribution < -0.4 is 0 Å².